The number of benzene rings is 4. The van der Waals surface area contributed by atoms with Crippen molar-refractivity contribution in [2.75, 3.05) is 23.3 Å². The fraction of sp³-hybridized carbons (Fsp3) is 0.184. The molecule has 2 aliphatic rings. The Bertz CT molecular complexity index is 2970. The molecule has 1 fully saturated rings. The van der Waals surface area contributed by atoms with Gasteiger partial charge in [-0.25, -0.2) is 0 Å². The highest BCUT2D eigenvalue weighted by Gasteiger charge is 2.45. The molecular formula is C49H41N7O9. The topological polar surface area (TPSA) is 213 Å². The van der Waals surface area contributed by atoms with Crippen molar-refractivity contribution in [3.8, 4) is 0 Å². The molecule has 4 aromatic carbocycles. The molecule has 3 atom stereocenters. The van der Waals surface area contributed by atoms with Crippen LogP contribution in [-0.4, -0.2) is 70.4 Å². The van der Waals surface area contributed by atoms with Crippen LogP contribution in [0.2, 0.25) is 0 Å². The molecule has 16 nitrogen and oxygen atoms in total. The van der Waals surface area contributed by atoms with Crippen LogP contribution in [0.5, 0.6) is 0 Å². The minimum atomic E-state index is -1.34. The number of pyridine rings is 1. The van der Waals surface area contributed by atoms with E-state index < -0.39 is 59.5 Å². The van der Waals surface area contributed by atoms with E-state index in [0.717, 1.165) is 15.7 Å². The molecule has 2 aliphatic heterocycles. The molecular weight excluding hydrogens is 831 g/mol. The van der Waals surface area contributed by atoms with Gasteiger partial charge in [-0.2, -0.15) is 0 Å². The summed E-state index contributed by atoms with van der Waals surface area (Å²) in [6.45, 7) is 0.594. The first-order chi connectivity index (χ1) is 31.7. The second kappa shape index (κ2) is 18.1. The van der Waals surface area contributed by atoms with E-state index in [2.05, 4.69) is 26.3 Å². The van der Waals surface area contributed by atoms with Crippen molar-refractivity contribution in [3.63, 3.8) is 0 Å². The molecule has 9 rings (SSSR count). The summed E-state index contributed by atoms with van der Waals surface area (Å²) in [6.07, 6.45) is 5.51. The van der Waals surface area contributed by atoms with Gasteiger partial charge in [0.1, 0.15) is 29.3 Å². The number of hydrogen-bond donors (Lipinski definition) is 4. The molecule has 7 amide bonds. The highest BCUT2D eigenvalue weighted by molar-refractivity contribution is 6.25. The van der Waals surface area contributed by atoms with Gasteiger partial charge in [0.2, 0.25) is 23.6 Å². The number of carbonyl (C=O) groups is 7. The molecule has 3 aromatic heterocycles. The fourth-order valence-corrected chi connectivity index (χ4v) is 8.34. The molecule has 0 bridgehead atoms. The van der Waals surface area contributed by atoms with Gasteiger partial charge in [-0.3, -0.25) is 53.7 Å². The molecule has 3 unspecified atom stereocenters. The van der Waals surface area contributed by atoms with Gasteiger partial charge in [-0.15, -0.1) is 0 Å². The molecule has 0 saturated carbocycles. The Morgan fingerprint density at radius 1 is 0.785 bits per heavy atom. The lowest BCUT2D eigenvalue weighted by Gasteiger charge is -2.32. The molecule has 326 valence electrons. The number of carbonyl (C=O) groups excluding carboxylic acids is 7. The molecule has 65 heavy (non-hydrogen) atoms. The first-order valence-electron chi connectivity index (χ1n) is 21.1. The van der Waals surface area contributed by atoms with Crippen LogP contribution in [0.4, 0.5) is 11.4 Å². The van der Waals surface area contributed by atoms with Gasteiger partial charge in [-0.1, -0.05) is 60.7 Å². The third-order valence-corrected chi connectivity index (χ3v) is 11.5. The van der Waals surface area contributed by atoms with Crippen LogP contribution in [0.3, 0.4) is 0 Å². The predicted molar refractivity (Wildman–Crippen MR) is 237 cm³/mol. The third kappa shape index (κ3) is 8.32. The summed E-state index contributed by atoms with van der Waals surface area (Å²) in [5.41, 5.74) is 3.10. The molecule has 16 heteroatoms. The number of nitrogens with one attached hydrogen (secondary N) is 4. The Hall–Kier alpha value is -8.40. The lowest BCUT2D eigenvalue weighted by atomic mass is 10.0. The van der Waals surface area contributed by atoms with Gasteiger partial charge in [0.05, 0.1) is 17.4 Å². The number of imide groups is 2. The number of anilines is 2. The molecule has 4 N–H and O–H groups in total. The molecule has 0 spiro atoms. The summed E-state index contributed by atoms with van der Waals surface area (Å²) in [7, 11) is 0. The van der Waals surface area contributed by atoms with E-state index in [-0.39, 0.29) is 36.3 Å². The van der Waals surface area contributed by atoms with E-state index >= 15 is 0 Å². The van der Waals surface area contributed by atoms with E-state index in [1.807, 2.05) is 30.3 Å². The van der Waals surface area contributed by atoms with Crippen LogP contribution in [-0.2, 0) is 19.2 Å². The lowest BCUT2D eigenvalue weighted by Crippen LogP contribution is -2.54. The number of hydrogen-bond acceptors (Lipinski definition) is 11. The minimum Gasteiger partial charge on any atom is -0.459 e. The molecule has 7 aromatic rings. The molecule has 5 heterocycles. The lowest BCUT2D eigenvalue weighted by molar-refractivity contribution is -0.136. The Kier molecular flexibility index (Phi) is 11.7. The van der Waals surface area contributed by atoms with E-state index in [1.54, 1.807) is 79.0 Å². The summed E-state index contributed by atoms with van der Waals surface area (Å²) in [6, 6.07) is 29.2. The number of piperidine rings is 1. The standard InChI is InChI=1S/C49H41N7O9/c57-40-22-21-36(44(58)53-40)56-47(61)34-15-8-16-35(41(34)49(56)63)51-24-6-7-25-52-45(59)42(29-11-2-1-3-12-29)54-46(60)43(30-13-9-23-50-28-30)55(48(62)38-18-10-26-64-38)31-19-20-33-32-14-4-5-17-37(32)65-39(33)27-31/h1-5,8-20,23,26-28,36,42-43,51H,6-7,21-22,24-25H2,(H,52,59)(H,54,60)(H,53,57,58). The fourth-order valence-electron chi connectivity index (χ4n) is 8.34. The number of amides is 7. The van der Waals surface area contributed by atoms with Gasteiger partial charge in [-0.05, 0) is 73.4 Å². The Labute approximate surface area is 371 Å². The maximum atomic E-state index is 14.9. The highest BCUT2D eigenvalue weighted by atomic mass is 16.3. The number of aromatic nitrogens is 1. The quantitative estimate of drug-likeness (QED) is 0.0670. The first-order valence-corrected chi connectivity index (χ1v) is 21.1. The van der Waals surface area contributed by atoms with Crippen molar-refractivity contribution in [1.29, 1.82) is 0 Å². The second-order valence-corrected chi connectivity index (χ2v) is 15.6. The van der Waals surface area contributed by atoms with Crippen molar-refractivity contribution < 1.29 is 42.4 Å². The number of furan rings is 2. The smallest absolute Gasteiger partial charge is 0.294 e. The van der Waals surface area contributed by atoms with Gasteiger partial charge < -0.3 is 24.8 Å². The maximum absolute atomic E-state index is 14.9. The highest BCUT2D eigenvalue weighted by Crippen LogP contribution is 2.37. The zero-order valence-corrected chi connectivity index (χ0v) is 34.7. The van der Waals surface area contributed by atoms with E-state index in [9.17, 15) is 33.6 Å². The van der Waals surface area contributed by atoms with Crippen molar-refractivity contribution in [1.82, 2.24) is 25.8 Å². The van der Waals surface area contributed by atoms with Crippen LogP contribution >= 0.6 is 0 Å². The van der Waals surface area contributed by atoms with Crippen molar-refractivity contribution >= 4 is 74.7 Å². The SMILES string of the molecule is O=C1CCC(N2C(=O)c3cccc(NCCCCNC(=O)C(NC(=O)C(c4cccnc4)N(C(=O)c4ccco4)c4ccc5c(c4)oc4ccccc45)c4ccccc4)c3C2=O)C(=O)N1. The predicted octanol–water partition coefficient (Wildman–Crippen LogP) is 6.23. The number of unbranched alkanes of at least 4 members (excludes halogenated alkanes) is 1. The monoisotopic (exact) mass is 871 g/mol. The second-order valence-electron chi connectivity index (χ2n) is 15.6. The average molecular weight is 872 g/mol. The zero-order chi connectivity index (χ0) is 45.0. The number of para-hydroxylation sites is 1. The molecule has 0 radical (unpaired) electrons. The third-order valence-electron chi connectivity index (χ3n) is 11.5. The zero-order valence-electron chi connectivity index (χ0n) is 34.7. The van der Waals surface area contributed by atoms with Crippen molar-refractivity contribution in [2.45, 2.75) is 43.8 Å². The summed E-state index contributed by atoms with van der Waals surface area (Å²) in [5.74, 6) is -4.15. The molecule has 0 aliphatic carbocycles. The average Bonchev–Trinajstić information content (AvgIpc) is 4.06. The van der Waals surface area contributed by atoms with E-state index in [1.165, 1.54) is 29.5 Å². The summed E-state index contributed by atoms with van der Waals surface area (Å²) in [5, 5.41) is 13.0. The first kappa shape index (κ1) is 41.9. The molecule has 1 saturated heterocycles. The van der Waals surface area contributed by atoms with Crippen LogP contribution in [0, 0.1) is 0 Å². The van der Waals surface area contributed by atoms with Crippen LogP contribution < -0.4 is 26.2 Å². The van der Waals surface area contributed by atoms with Crippen LogP contribution in [0.1, 0.15) is 80.2 Å². The van der Waals surface area contributed by atoms with Gasteiger partial charge in [0, 0.05) is 65.7 Å². The summed E-state index contributed by atoms with van der Waals surface area (Å²) in [4.78, 5) is 101. The van der Waals surface area contributed by atoms with E-state index in [4.69, 9.17) is 8.83 Å². The largest absolute Gasteiger partial charge is 0.459 e. The van der Waals surface area contributed by atoms with Gasteiger partial charge >= 0.3 is 0 Å². The maximum Gasteiger partial charge on any atom is 0.294 e. The van der Waals surface area contributed by atoms with Crippen LogP contribution in [0.15, 0.2) is 143 Å². The van der Waals surface area contributed by atoms with Crippen molar-refractivity contribution in [2.24, 2.45) is 0 Å². The normalized spacial score (nSPS) is 15.6. The number of rotatable bonds is 15. The Morgan fingerprint density at radius 3 is 2.35 bits per heavy atom. The van der Waals surface area contributed by atoms with E-state index in [0.29, 0.717) is 53.1 Å². The summed E-state index contributed by atoms with van der Waals surface area (Å²) < 4.78 is 11.7. The minimum absolute atomic E-state index is 0.0179. The van der Waals surface area contributed by atoms with Crippen LogP contribution in [0.25, 0.3) is 21.9 Å². The van der Waals surface area contributed by atoms with Gasteiger partial charge in [0.15, 0.2) is 5.76 Å². The Balaban J connectivity index is 0.911. The summed E-state index contributed by atoms with van der Waals surface area (Å²) >= 11 is 0. The Morgan fingerprint density at radius 2 is 1.57 bits per heavy atom. The van der Waals surface area contributed by atoms with Gasteiger partial charge in [0.25, 0.3) is 17.7 Å². The van der Waals surface area contributed by atoms with Crippen molar-refractivity contribution in [3.05, 3.63) is 162 Å². The number of fused-ring (bicyclic) bond motifs is 4. The number of nitrogens with zero attached hydrogens (tertiary/aromatic N) is 3.